The summed E-state index contributed by atoms with van der Waals surface area (Å²) in [5.74, 6) is 0.595. The highest BCUT2D eigenvalue weighted by Crippen LogP contribution is 2.28. The predicted molar refractivity (Wildman–Crippen MR) is 96.3 cm³/mol. The third-order valence-corrected chi connectivity index (χ3v) is 5.40. The lowest BCUT2D eigenvalue weighted by atomic mass is 10.3. The van der Waals surface area contributed by atoms with Crippen molar-refractivity contribution in [2.24, 2.45) is 5.73 Å². The number of rotatable bonds is 5. The van der Waals surface area contributed by atoms with Crippen LogP contribution in [0, 0.1) is 0 Å². The van der Waals surface area contributed by atoms with E-state index >= 15 is 0 Å². The molecule has 1 atom stereocenters. The lowest BCUT2D eigenvalue weighted by molar-refractivity contribution is 0.0767. The van der Waals surface area contributed by atoms with Crippen molar-refractivity contribution in [2.45, 2.75) is 18.9 Å². The zero-order chi connectivity index (χ0) is 17.1. The summed E-state index contributed by atoms with van der Waals surface area (Å²) in [6.45, 7) is 1.71. The van der Waals surface area contributed by atoms with Crippen molar-refractivity contribution in [1.82, 2.24) is 9.88 Å². The van der Waals surface area contributed by atoms with E-state index in [1.807, 2.05) is 0 Å². The first-order chi connectivity index (χ1) is 11.6. The average Bonchev–Trinajstić information content (AvgIpc) is 3.20. The van der Waals surface area contributed by atoms with Gasteiger partial charge in [0.25, 0.3) is 5.91 Å². The lowest BCUT2D eigenvalue weighted by Gasteiger charge is -2.16. The first-order valence-corrected chi connectivity index (χ1v) is 9.26. The summed E-state index contributed by atoms with van der Waals surface area (Å²) >= 11 is 13.4. The Morgan fingerprint density at radius 1 is 1.42 bits per heavy atom. The Morgan fingerprint density at radius 2 is 2.25 bits per heavy atom. The first-order valence-electron chi connectivity index (χ1n) is 7.62. The Hall–Kier alpha value is -1.34. The molecule has 2 N–H and O–H groups in total. The number of hydrogen-bond acceptors (Lipinski definition) is 5. The molecule has 0 aliphatic carbocycles. The Kier molecular flexibility index (Phi) is 5.61. The Balaban J connectivity index is 1.59. The van der Waals surface area contributed by atoms with Gasteiger partial charge < -0.3 is 15.4 Å². The van der Waals surface area contributed by atoms with Crippen LogP contribution in [-0.4, -0.2) is 41.5 Å². The van der Waals surface area contributed by atoms with E-state index in [0.29, 0.717) is 47.5 Å². The van der Waals surface area contributed by atoms with E-state index in [1.165, 1.54) is 11.3 Å². The normalized spacial score (nSPS) is 17.3. The van der Waals surface area contributed by atoms with E-state index in [0.717, 1.165) is 11.4 Å². The van der Waals surface area contributed by atoms with E-state index in [-0.39, 0.29) is 12.0 Å². The van der Waals surface area contributed by atoms with Gasteiger partial charge in [0, 0.05) is 30.8 Å². The number of likely N-dealkylation sites (tertiary alicyclic amines) is 1. The smallest absolute Gasteiger partial charge is 0.273 e. The summed E-state index contributed by atoms with van der Waals surface area (Å²) in [5.41, 5.74) is 6.00. The second-order valence-corrected chi connectivity index (χ2v) is 7.28. The lowest BCUT2D eigenvalue weighted by Crippen LogP contribution is -2.31. The summed E-state index contributed by atoms with van der Waals surface area (Å²) in [7, 11) is 0. The van der Waals surface area contributed by atoms with Crippen molar-refractivity contribution in [3.8, 4) is 5.75 Å². The molecular formula is C16H17Cl2N3O2S. The molecular weight excluding hydrogens is 369 g/mol. The molecule has 0 bridgehead atoms. The van der Waals surface area contributed by atoms with Crippen molar-refractivity contribution in [3.63, 3.8) is 0 Å². The first kappa shape index (κ1) is 17.5. The minimum Gasteiger partial charge on any atom is -0.488 e. The summed E-state index contributed by atoms with van der Waals surface area (Å²) in [5, 5.41) is 3.63. The summed E-state index contributed by atoms with van der Waals surface area (Å²) in [4.78, 5) is 18.6. The number of thiazole rings is 1. The number of ether oxygens (including phenoxy) is 1. The molecule has 1 saturated heterocycles. The van der Waals surface area contributed by atoms with Gasteiger partial charge >= 0.3 is 0 Å². The van der Waals surface area contributed by atoms with Crippen LogP contribution in [0.3, 0.4) is 0 Å². The Labute approximate surface area is 154 Å². The van der Waals surface area contributed by atoms with Crippen LogP contribution in [0.15, 0.2) is 23.6 Å². The third kappa shape index (κ3) is 4.00. The van der Waals surface area contributed by atoms with Crippen LogP contribution in [0.2, 0.25) is 10.0 Å². The van der Waals surface area contributed by atoms with Crippen molar-refractivity contribution < 1.29 is 9.53 Å². The molecule has 128 valence electrons. The molecule has 0 saturated carbocycles. The fourth-order valence-corrected chi connectivity index (χ4v) is 3.64. The van der Waals surface area contributed by atoms with Gasteiger partial charge in [-0.15, -0.1) is 11.3 Å². The number of hydrogen-bond donors (Lipinski definition) is 1. The van der Waals surface area contributed by atoms with Crippen LogP contribution in [0.4, 0.5) is 0 Å². The molecule has 1 aromatic carbocycles. The number of aromatic nitrogens is 1. The number of amides is 1. The van der Waals surface area contributed by atoms with Gasteiger partial charge in [-0.25, -0.2) is 4.98 Å². The number of carbonyl (C=O) groups is 1. The van der Waals surface area contributed by atoms with Gasteiger partial charge in [0.05, 0.1) is 21.6 Å². The number of nitrogens with zero attached hydrogens (tertiary/aromatic N) is 2. The molecule has 1 fully saturated rings. The highest BCUT2D eigenvalue weighted by molar-refractivity contribution is 7.09. The summed E-state index contributed by atoms with van der Waals surface area (Å²) in [6, 6.07) is 5.16. The number of halogens is 2. The predicted octanol–water partition coefficient (Wildman–Crippen LogP) is 3.24. The maximum absolute atomic E-state index is 12.5. The monoisotopic (exact) mass is 385 g/mol. The van der Waals surface area contributed by atoms with Crippen LogP contribution in [0.5, 0.6) is 5.75 Å². The Morgan fingerprint density at radius 3 is 3.00 bits per heavy atom. The molecule has 2 heterocycles. The van der Waals surface area contributed by atoms with Gasteiger partial charge in [0.2, 0.25) is 0 Å². The van der Waals surface area contributed by atoms with Gasteiger partial charge in [0.15, 0.2) is 0 Å². The molecule has 24 heavy (non-hydrogen) atoms. The van der Waals surface area contributed by atoms with Gasteiger partial charge in [-0.2, -0.15) is 0 Å². The molecule has 1 aromatic heterocycles. The maximum Gasteiger partial charge on any atom is 0.273 e. The molecule has 8 heteroatoms. The molecule has 3 rings (SSSR count). The van der Waals surface area contributed by atoms with Crippen molar-refractivity contribution >= 4 is 40.4 Å². The average molecular weight is 386 g/mol. The van der Waals surface area contributed by atoms with E-state index in [1.54, 1.807) is 28.5 Å². The quantitative estimate of drug-likeness (QED) is 0.857. The van der Waals surface area contributed by atoms with Gasteiger partial charge in [-0.1, -0.05) is 23.2 Å². The highest BCUT2D eigenvalue weighted by Gasteiger charge is 2.29. The molecule has 1 aliphatic heterocycles. The topological polar surface area (TPSA) is 68.5 Å². The van der Waals surface area contributed by atoms with E-state index < -0.39 is 0 Å². The standard InChI is InChI=1S/C16H17Cl2N3O2S/c17-12-2-1-10(7-13(12)18)23-11-4-6-21(8-11)16(22)14-9-24-15(20-14)3-5-19/h1-2,7,9,11H,3-6,8,19H2. The molecule has 2 aromatic rings. The Bertz CT molecular complexity index is 738. The fourth-order valence-electron chi connectivity index (χ4n) is 2.56. The SMILES string of the molecule is NCCc1nc(C(=O)N2CCC(Oc3ccc(Cl)c(Cl)c3)C2)cs1. The van der Waals surface area contributed by atoms with E-state index in [9.17, 15) is 4.79 Å². The van der Waals surface area contributed by atoms with Crippen LogP contribution < -0.4 is 10.5 Å². The van der Waals surface area contributed by atoms with Crippen LogP contribution >= 0.6 is 34.5 Å². The van der Waals surface area contributed by atoms with Crippen molar-refractivity contribution in [1.29, 1.82) is 0 Å². The van der Waals surface area contributed by atoms with Gasteiger partial charge in [-0.05, 0) is 18.7 Å². The number of carbonyl (C=O) groups excluding carboxylic acids is 1. The van der Waals surface area contributed by atoms with Crippen LogP contribution in [0.25, 0.3) is 0 Å². The maximum atomic E-state index is 12.5. The number of nitrogens with two attached hydrogens (primary N) is 1. The van der Waals surface area contributed by atoms with Crippen LogP contribution in [0.1, 0.15) is 21.9 Å². The molecule has 1 amide bonds. The molecule has 1 aliphatic rings. The van der Waals surface area contributed by atoms with Crippen LogP contribution in [-0.2, 0) is 6.42 Å². The van der Waals surface area contributed by atoms with E-state index in [4.69, 9.17) is 33.7 Å². The van der Waals surface area contributed by atoms with Gasteiger partial charge in [0.1, 0.15) is 17.5 Å². The minimum atomic E-state index is -0.0617. The number of benzene rings is 1. The molecule has 0 spiro atoms. The zero-order valence-electron chi connectivity index (χ0n) is 12.9. The molecule has 5 nitrogen and oxygen atoms in total. The van der Waals surface area contributed by atoms with Crippen molar-refractivity contribution in [3.05, 3.63) is 44.3 Å². The van der Waals surface area contributed by atoms with E-state index in [2.05, 4.69) is 4.98 Å². The summed E-state index contributed by atoms with van der Waals surface area (Å²) in [6.07, 6.45) is 1.40. The highest BCUT2D eigenvalue weighted by atomic mass is 35.5. The minimum absolute atomic E-state index is 0.0604. The summed E-state index contributed by atoms with van der Waals surface area (Å²) < 4.78 is 5.90. The second-order valence-electron chi connectivity index (χ2n) is 5.52. The fraction of sp³-hybridized carbons (Fsp3) is 0.375. The van der Waals surface area contributed by atoms with Crippen molar-refractivity contribution in [2.75, 3.05) is 19.6 Å². The zero-order valence-corrected chi connectivity index (χ0v) is 15.2. The second kappa shape index (κ2) is 7.70. The molecule has 1 unspecified atom stereocenters. The largest absolute Gasteiger partial charge is 0.488 e. The third-order valence-electron chi connectivity index (χ3n) is 3.76. The molecule has 0 radical (unpaired) electrons. The van der Waals surface area contributed by atoms with Gasteiger partial charge in [-0.3, -0.25) is 4.79 Å².